The Kier molecular flexibility index (Phi) is 4.98. The molecule has 0 aromatic carbocycles. The summed E-state index contributed by atoms with van der Waals surface area (Å²) in [4.78, 5) is 0. The molecule has 0 bridgehead atoms. The molecule has 0 saturated heterocycles. The normalized spacial score (nSPS) is 18.5. The quantitative estimate of drug-likeness (QED) is 0.609. The lowest BCUT2D eigenvalue weighted by molar-refractivity contribution is 0.380. The summed E-state index contributed by atoms with van der Waals surface area (Å²) in [5.41, 5.74) is 0. The fraction of sp³-hybridized carbons (Fsp3) is 0.800. The molecule has 0 aliphatic rings. The largest absolute Gasteiger partial charge is 0.301 e. The average molecular weight is 153 g/mol. The molecule has 0 amide bonds. The highest BCUT2D eigenvalue weighted by Gasteiger charge is 2.10. The second-order valence-electron chi connectivity index (χ2n) is 3.23. The lowest BCUT2D eigenvalue weighted by Crippen LogP contribution is -2.37. The number of nitrogens with one attached hydrogen (secondary N) is 1. The predicted molar refractivity (Wildman–Crippen MR) is 50.3 cm³/mol. The molecule has 0 aromatic heterocycles. The Balaban J connectivity index is 3.69. The van der Waals surface area contributed by atoms with Crippen molar-refractivity contribution in [2.45, 2.75) is 46.2 Å². The van der Waals surface area contributed by atoms with E-state index >= 15 is 0 Å². The van der Waals surface area contributed by atoms with Gasteiger partial charge in [-0.2, -0.15) is 0 Å². The van der Waals surface area contributed by atoms with Crippen molar-refractivity contribution in [3.05, 3.63) is 0 Å². The highest BCUT2D eigenvalue weighted by atomic mass is 14.9. The first-order chi connectivity index (χ1) is 5.11. The molecule has 0 aromatic rings. The van der Waals surface area contributed by atoms with E-state index in [0.29, 0.717) is 12.0 Å². The van der Waals surface area contributed by atoms with Crippen LogP contribution in [0.3, 0.4) is 0 Å². The Bertz CT molecular complexity index is 134. The van der Waals surface area contributed by atoms with Gasteiger partial charge in [-0.1, -0.05) is 26.2 Å². The molecule has 1 N–H and O–H groups in total. The summed E-state index contributed by atoms with van der Waals surface area (Å²) in [5.74, 6) is 3.36. The maximum atomic E-state index is 5.25. The van der Waals surface area contributed by atoms with Gasteiger partial charge in [0.1, 0.15) is 0 Å². The van der Waals surface area contributed by atoms with Crippen LogP contribution in [0.15, 0.2) is 0 Å². The fourth-order valence-corrected chi connectivity index (χ4v) is 0.960. The molecular weight excluding hydrogens is 134 g/mol. The van der Waals surface area contributed by atoms with E-state index in [2.05, 4.69) is 32.0 Å². The Morgan fingerprint density at radius 3 is 2.27 bits per heavy atom. The number of rotatable bonds is 4. The molecule has 0 saturated carbocycles. The van der Waals surface area contributed by atoms with Crippen LogP contribution in [0.4, 0.5) is 0 Å². The minimum Gasteiger partial charge on any atom is -0.301 e. The summed E-state index contributed by atoms with van der Waals surface area (Å²) in [6.07, 6.45) is 6.45. The van der Waals surface area contributed by atoms with E-state index < -0.39 is 0 Å². The summed E-state index contributed by atoms with van der Waals surface area (Å²) in [6, 6.07) is 0.713. The van der Waals surface area contributed by atoms with Crippen molar-refractivity contribution < 1.29 is 0 Å². The molecule has 0 heterocycles. The zero-order valence-corrected chi connectivity index (χ0v) is 8.02. The molecular formula is C10H19N. The van der Waals surface area contributed by atoms with Gasteiger partial charge in [-0.3, -0.25) is 0 Å². The predicted octanol–water partition coefficient (Wildman–Crippen LogP) is 2.03. The van der Waals surface area contributed by atoms with Gasteiger partial charge in [0.15, 0.2) is 0 Å². The highest BCUT2D eigenvalue weighted by molar-refractivity contribution is 4.96. The number of terminal acetylenes is 1. The van der Waals surface area contributed by atoms with E-state index in [4.69, 9.17) is 6.42 Å². The average Bonchev–Trinajstić information content (AvgIpc) is 2.02. The third-order valence-corrected chi connectivity index (χ3v) is 2.26. The van der Waals surface area contributed by atoms with Crippen molar-refractivity contribution in [1.29, 1.82) is 0 Å². The van der Waals surface area contributed by atoms with E-state index in [-0.39, 0.29) is 6.04 Å². The first-order valence-electron chi connectivity index (χ1n) is 4.34. The van der Waals surface area contributed by atoms with Crippen molar-refractivity contribution in [2.75, 3.05) is 0 Å². The van der Waals surface area contributed by atoms with Crippen molar-refractivity contribution in [1.82, 2.24) is 5.32 Å². The summed E-state index contributed by atoms with van der Waals surface area (Å²) in [5, 5.41) is 3.34. The van der Waals surface area contributed by atoms with E-state index in [1.165, 1.54) is 6.42 Å². The van der Waals surface area contributed by atoms with Crippen molar-refractivity contribution in [3.63, 3.8) is 0 Å². The first-order valence-corrected chi connectivity index (χ1v) is 4.34. The maximum Gasteiger partial charge on any atom is 0.0660 e. The van der Waals surface area contributed by atoms with Gasteiger partial charge in [-0.05, 0) is 19.8 Å². The molecule has 11 heavy (non-hydrogen) atoms. The van der Waals surface area contributed by atoms with Crippen molar-refractivity contribution in [3.8, 4) is 12.3 Å². The Morgan fingerprint density at radius 2 is 1.91 bits per heavy atom. The molecule has 0 fully saturated rings. The highest BCUT2D eigenvalue weighted by Crippen LogP contribution is 2.06. The topological polar surface area (TPSA) is 12.0 Å². The van der Waals surface area contributed by atoms with Gasteiger partial charge >= 0.3 is 0 Å². The van der Waals surface area contributed by atoms with Crippen LogP contribution in [0, 0.1) is 18.3 Å². The van der Waals surface area contributed by atoms with Crippen molar-refractivity contribution in [2.24, 2.45) is 5.92 Å². The van der Waals surface area contributed by atoms with Crippen LogP contribution >= 0.6 is 0 Å². The van der Waals surface area contributed by atoms with Crippen LogP contribution in [0.5, 0.6) is 0 Å². The third kappa shape index (κ3) is 4.06. The smallest absolute Gasteiger partial charge is 0.0660 e. The second-order valence-corrected chi connectivity index (χ2v) is 3.23. The molecule has 0 rings (SSSR count). The van der Waals surface area contributed by atoms with Gasteiger partial charge in [-0.15, -0.1) is 6.42 Å². The molecule has 64 valence electrons. The summed E-state index contributed by atoms with van der Waals surface area (Å²) in [7, 11) is 0. The minimum atomic E-state index is 0.194. The third-order valence-electron chi connectivity index (χ3n) is 2.26. The molecule has 1 heteroatoms. The Labute approximate surface area is 70.6 Å². The SMILES string of the molecule is C#CC(C)NC(C)C(C)CC. The zero-order valence-electron chi connectivity index (χ0n) is 8.02. The number of hydrogen-bond donors (Lipinski definition) is 1. The van der Waals surface area contributed by atoms with Gasteiger partial charge in [0.25, 0.3) is 0 Å². The number of hydrogen-bond acceptors (Lipinski definition) is 1. The Morgan fingerprint density at radius 1 is 1.36 bits per heavy atom. The van der Waals surface area contributed by atoms with Crippen LogP contribution in [0.1, 0.15) is 34.1 Å². The molecule has 1 nitrogen and oxygen atoms in total. The van der Waals surface area contributed by atoms with Crippen molar-refractivity contribution >= 4 is 0 Å². The van der Waals surface area contributed by atoms with Crippen LogP contribution in [0.25, 0.3) is 0 Å². The van der Waals surface area contributed by atoms with Crippen LogP contribution in [-0.2, 0) is 0 Å². The fourth-order valence-electron chi connectivity index (χ4n) is 0.960. The summed E-state index contributed by atoms with van der Waals surface area (Å²) >= 11 is 0. The lowest BCUT2D eigenvalue weighted by atomic mass is 10.0. The van der Waals surface area contributed by atoms with Crippen LogP contribution < -0.4 is 5.32 Å². The molecule has 0 spiro atoms. The van der Waals surface area contributed by atoms with Gasteiger partial charge in [0, 0.05) is 6.04 Å². The second kappa shape index (κ2) is 5.21. The monoisotopic (exact) mass is 153 g/mol. The van der Waals surface area contributed by atoms with E-state index in [0.717, 1.165) is 0 Å². The van der Waals surface area contributed by atoms with Crippen LogP contribution in [0.2, 0.25) is 0 Å². The molecule has 3 unspecified atom stereocenters. The summed E-state index contributed by atoms with van der Waals surface area (Å²) < 4.78 is 0. The van der Waals surface area contributed by atoms with Gasteiger partial charge in [-0.25, -0.2) is 0 Å². The first kappa shape index (κ1) is 10.5. The molecule has 3 atom stereocenters. The summed E-state index contributed by atoms with van der Waals surface area (Å²) in [6.45, 7) is 8.63. The van der Waals surface area contributed by atoms with E-state index in [9.17, 15) is 0 Å². The molecule has 0 aliphatic heterocycles. The zero-order chi connectivity index (χ0) is 8.85. The minimum absolute atomic E-state index is 0.194. The van der Waals surface area contributed by atoms with Gasteiger partial charge in [0.05, 0.1) is 6.04 Å². The molecule has 0 aliphatic carbocycles. The maximum absolute atomic E-state index is 5.25. The van der Waals surface area contributed by atoms with Gasteiger partial charge < -0.3 is 5.32 Å². The van der Waals surface area contributed by atoms with E-state index in [1.807, 2.05) is 6.92 Å². The van der Waals surface area contributed by atoms with E-state index in [1.54, 1.807) is 0 Å². The standard InChI is InChI=1S/C10H19N/c1-6-8(3)10(5)11-9(4)7-2/h2,8-11H,6H2,1,3-5H3. The Hall–Kier alpha value is -0.480. The lowest BCUT2D eigenvalue weighted by Gasteiger charge is -2.21. The van der Waals surface area contributed by atoms with Gasteiger partial charge in [0.2, 0.25) is 0 Å². The van der Waals surface area contributed by atoms with Crippen LogP contribution in [-0.4, -0.2) is 12.1 Å². The molecule has 0 radical (unpaired) electrons.